The monoisotopic (exact) mass is 283 g/mol. The maximum Gasteiger partial charge on any atom is 0.121 e. The van der Waals surface area contributed by atoms with Crippen molar-refractivity contribution in [3.8, 4) is 11.3 Å². The number of H-pyrrole nitrogens is 1. The fourth-order valence-corrected chi connectivity index (χ4v) is 3.06. The number of hydrogen-bond donors (Lipinski definition) is 2. The van der Waals surface area contributed by atoms with Gasteiger partial charge >= 0.3 is 0 Å². The summed E-state index contributed by atoms with van der Waals surface area (Å²) in [7, 11) is 0. The second-order valence-electron chi connectivity index (χ2n) is 7.72. The third kappa shape index (κ3) is 2.75. The van der Waals surface area contributed by atoms with Gasteiger partial charge in [-0.1, -0.05) is 38.1 Å². The third-order valence-corrected chi connectivity index (χ3v) is 4.14. The highest BCUT2D eigenvalue weighted by Gasteiger charge is 2.32. The molecule has 3 nitrogen and oxygen atoms in total. The van der Waals surface area contributed by atoms with E-state index in [9.17, 15) is 0 Å². The van der Waals surface area contributed by atoms with E-state index in [4.69, 9.17) is 4.98 Å². The van der Waals surface area contributed by atoms with Crippen molar-refractivity contribution in [1.82, 2.24) is 15.3 Å². The second kappa shape index (κ2) is 4.70. The Morgan fingerprint density at radius 1 is 1.24 bits per heavy atom. The predicted molar refractivity (Wildman–Crippen MR) is 87.3 cm³/mol. The normalized spacial score (nSPS) is 16.4. The van der Waals surface area contributed by atoms with Crippen molar-refractivity contribution in [2.24, 2.45) is 0 Å². The number of nitrogens with zero attached hydrogens (tertiary/aromatic N) is 1. The number of benzene rings is 1. The first-order valence-corrected chi connectivity index (χ1v) is 7.69. The number of hydrogen-bond acceptors (Lipinski definition) is 2. The zero-order valence-electron chi connectivity index (χ0n) is 13.7. The number of aromatic amines is 1. The van der Waals surface area contributed by atoms with Gasteiger partial charge in [-0.05, 0) is 38.2 Å². The summed E-state index contributed by atoms with van der Waals surface area (Å²) in [4.78, 5) is 8.37. The number of fused-ring (bicyclic) bond motifs is 3. The maximum atomic E-state index is 4.84. The molecular weight excluding hydrogens is 258 g/mol. The van der Waals surface area contributed by atoms with Crippen LogP contribution in [0.1, 0.15) is 51.7 Å². The van der Waals surface area contributed by atoms with E-state index in [0.717, 1.165) is 24.5 Å². The molecule has 1 aromatic heterocycles. The molecule has 0 unspecified atom stereocenters. The molecule has 0 fully saturated rings. The summed E-state index contributed by atoms with van der Waals surface area (Å²) in [6.07, 6.45) is 1.02. The molecule has 1 heterocycles. The Balaban J connectivity index is 1.97. The van der Waals surface area contributed by atoms with Crippen LogP contribution in [0.4, 0.5) is 0 Å². The summed E-state index contributed by atoms with van der Waals surface area (Å²) in [5.74, 6) is 1.03. The number of nitrogens with one attached hydrogen (secondary N) is 2. The highest BCUT2D eigenvalue weighted by Crippen LogP contribution is 2.41. The molecule has 2 N–H and O–H groups in total. The molecule has 0 radical (unpaired) electrons. The van der Waals surface area contributed by atoms with Crippen LogP contribution in [0.15, 0.2) is 24.3 Å². The first-order valence-electron chi connectivity index (χ1n) is 7.69. The number of aromatic nitrogens is 2. The van der Waals surface area contributed by atoms with Gasteiger partial charge in [0.05, 0.1) is 12.2 Å². The zero-order valence-corrected chi connectivity index (χ0v) is 13.7. The van der Waals surface area contributed by atoms with Crippen LogP contribution in [0.3, 0.4) is 0 Å². The van der Waals surface area contributed by atoms with Gasteiger partial charge in [0, 0.05) is 16.8 Å². The van der Waals surface area contributed by atoms with Gasteiger partial charge < -0.3 is 10.3 Å². The van der Waals surface area contributed by atoms with Gasteiger partial charge in [-0.25, -0.2) is 4.98 Å². The van der Waals surface area contributed by atoms with Crippen LogP contribution in [0.2, 0.25) is 0 Å². The summed E-state index contributed by atoms with van der Waals surface area (Å²) in [6.45, 7) is 11.9. The van der Waals surface area contributed by atoms with E-state index >= 15 is 0 Å². The van der Waals surface area contributed by atoms with E-state index in [-0.39, 0.29) is 11.0 Å². The zero-order chi connectivity index (χ0) is 15.3. The summed E-state index contributed by atoms with van der Waals surface area (Å²) in [5, 5.41) is 3.50. The highest BCUT2D eigenvalue weighted by molar-refractivity contribution is 5.70. The Bertz CT molecular complexity index is 659. The molecule has 3 heteroatoms. The minimum atomic E-state index is 0.102. The van der Waals surface area contributed by atoms with Crippen molar-refractivity contribution in [1.29, 1.82) is 0 Å². The lowest BCUT2D eigenvalue weighted by Crippen LogP contribution is -2.35. The van der Waals surface area contributed by atoms with Crippen molar-refractivity contribution in [3.05, 3.63) is 41.3 Å². The predicted octanol–water partition coefficient (Wildman–Crippen LogP) is 3.80. The van der Waals surface area contributed by atoms with Crippen molar-refractivity contribution in [3.63, 3.8) is 0 Å². The molecule has 0 spiro atoms. The van der Waals surface area contributed by atoms with Gasteiger partial charge in [0.1, 0.15) is 5.82 Å². The Kier molecular flexibility index (Phi) is 3.21. The average molecular weight is 283 g/mol. The Morgan fingerprint density at radius 2 is 1.95 bits per heavy atom. The molecule has 112 valence electrons. The molecule has 0 saturated carbocycles. The van der Waals surface area contributed by atoms with E-state index in [0.29, 0.717) is 0 Å². The molecular formula is C18H25N3. The fourth-order valence-electron chi connectivity index (χ4n) is 3.06. The highest BCUT2D eigenvalue weighted by atomic mass is 15.0. The maximum absolute atomic E-state index is 4.84. The summed E-state index contributed by atoms with van der Waals surface area (Å²) >= 11 is 0. The van der Waals surface area contributed by atoms with E-state index in [2.05, 4.69) is 69.2 Å². The van der Waals surface area contributed by atoms with E-state index in [1.807, 2.05) is 0 Å². The van der Waals surface area contributed by atoms with Crippen LogP contribution in [-0.4, -0.2) is 15.5 Å². The SMILES string of the molecule is CC(C)(C)NCc1nc2c([nH]1)CC(C)(C)c1ccccc1-2. The topological polar surface area (TPSA) is 40.7 Å². The quantitative estimate of drug-likeness (QED) is 0.880. The molecule has 3 rings (SSSR count). The first kappa shape index (κ1) is 14.3. The fraction of sp³-hybridized carbons (Fsp3) is 0.500. The first-order chi connectivity index (χ1) is 9.76. The molecule has 0 atom stereocenters. The van der Waals surface area contributed by atoms with Crippen molar-refractivity contribution in [2.45, 2.75) is 58.5 Å². The lowest BCUT2D eigenvalue weighted by molar-refractivity contribution is 0.418. The largest absolute Gasteiger partial charge is 0.344 e. The molecule has 1 aliphatic rings. The minimum absolute atomic E-state index is 0.102. The molecule has 21 heavy (non-hydrogen) atoms. The van der Waals surface area contributed by atoms with Crippen LogP contribution in [-0.2, 0) is 18.4 Å². The molecule has 0 saturated heterocycles. The van der Waals surface area contributed by atoms with E-state index in [1.54, 1.807) is 0 Å². The number of rotatable bonds is 2. The molecule has 0 aliphatic heterocycles. The van der Waals surface area contributed by atoms with Crippen molar-refractivity contribution < 1.29 is 0 Å². The van der Waals surface area contributed by atoms with Gasteiger partial charge in [-0.2, -0.15) is 0 Å². The van der Waals surface area contributed by atoms with E-state index < -0.39 is 0 Å². The average Bonchev–Trinajstić information content (AvgIpc) is 2.78. The lowest BCUT2D eigenvalue weighted by atomic mass is 9.73. The van der Waals surface area contributed by atoms with Gasteiger partial charge in [-0.3, -0.25) is 0 Å². The summed E-state index contributed by atoms with van der Waals surface area (Å²) in [6, 6.07) is 8.66. The molecule has 1 aromatic carbocycles. The van der Waals surface area contributed by atoms with Crippen molar-refractivity contribution in [2.75, 3.05) is 0 Å². The Labute approximate surface area is 127 Å². The standard InChI is InChI=1S/C18H25N3/c1-17(2,3)19-11-15-20-14-10-18(4,5)13-9-7-6-8-12(13)16(14)21-15/h6-9,19H,10-11H2,1-5H3,(H,20,21). The van der Waals surface area contributed by atoms with Crippen LogP contribution in [0.5, 0.6) is 0 Å². The lowest BCUT2D eigenvalue weighted by Gasteiger charge is -2.31. The van der Waals surface area contributed by atoms with E-state index in [1.165, 1.54) is 16.8 Å². The second-order valence-corrected chi connectivity index (χ2v) is 7.72. The van der Waals surface area contributed by atoms with Gasteiger partial charge in [-0.15, -0.1) is 0 Å². The Morgan fingerprint density at radius 3 is 2.67 bits per heavy atom. The smallest absolute Gasteiger partial charge is 0.121 e. The van der Waals surface area contributed by atoms with Crippen LogP contribution in [0.25, 0.3) is 11.3 Å². The molecule has 2 aromatic rings. The molecule has 0 amide bonds. The van der Waals surface area contributed by atoms with Crippen LogP contribution < -0.4 is 5.32 Å². The number of imidazole rings is 1. The minimum Gasteiger partial charge on any atom is -0.344 e. The molecule has 1 aliphatic carbocycles. The van der Waals surface area contributed by atoms with Crippen LogP contribution in [0, 0.1) is 0 Å². The van der Waals surface area contributed by atoms with Crippen LogP contribution >= 0.6 is 0 Å². The third-order valence-electron chi connectivity index (χ3n) is 4.14. The van der Waals surface area contributed by atoms with Gasteiger partial charge in [0.2, 0.25) is 0 Å². The summed E-state index contributed by atoms with van der Waals surface area (Å²) < 4.78 is 0. The summed E-state index contributed by atoms with van der Waals surface area (Å²) in [5.41, 5.74) is 5.34. The molecule has 0 bridgehead atoms. The van der Waals surface area contributed by atoms with Gasteiger partial charge in [0.25, 0.3) is 0 Å². The Hall–Kier alpha value is -1.61. The van der Waals surface area contributed by atoms with Crippen molar-refractivity contribution >= 4 is 0 Å². The van der Waals surface area contributed by atoms with Gasteiger partial charge in [0.15, 0.2) is 0 Å².